The number of amides is 1. The predicted molar refractivity (Wildman–Crippen MR) is 125 cm³/mol. The Hall–Kier alpha value is -2.56. The molecule has 1 aliphatic heterocycles. The van der Waals surface area contributed by atoms with Gasteiger partial charge in [-0.05, 0) is 50.8 Å². The standard InChI is InChI=1S/C23H26N4O4S2/c1-15-20(14-19(32-15)21-25-23(31-26-21)17-6-5-7-17)33(29,30)27-12-10-16(11-13-27)22(28)24-18-8-3-2-4-9-18/h2-4,8-9,14,16-17H,5-7,10-13H2,1H3,(H,24,28). The zero-order valence-electron chi connectivity index (χ0n) is 18.4. The molecule has 10 heteroatoms. The summed E-state index contributed by atoms with van der Waals surface area (Å²) in [6.45, 7) is 2.43. The third kappa shape index (κ3) is 4.47. The highest BCUT2D eigenvalue weighted by Gasteiger charge is 2.34. The third-order valence-corrected chi connectivity index (χ3v) is 9.67. The molecular formula is C23H26N4O4S2. The Labute approximate surface area is 197 Å². The first-order valence-electron chi connectivity index (χ1n) is 11.2. The molecule has 0 unspecified atom stereocenters. The topological polar surface area (TPSA) is 105 Å². The van der Waals surface area contributed by atoms with Crippen LogP contribution in [-0.4, -0.2) is 41.9 Å². The fourth-order valence-corrected chi connectivity index (χ4v) is 7.21. The molecule has 8 nitrogen and oxygen atoms in total. The van der Waals surface area contributed by atoms with Gasteiger partial charge in [-0.3, -0.25) is 4.79 Å². The molecule has 2 aromatic heterocycles. The molecule has 1 aliphatic carbocycles. The van der Waals surface area contributed by atoms with E-state index in [-0.39, 0.29) is 16.7 Å². The van der Waals surface area contributed by atoms with Crippen molar-refractivity contribution in [2.75, 3.05) is 18.4 Å². The zero-order chi connectivity index (χ0) is 23.0. The van der Waals surface area contributed by atoms with E-state index < -0.39 is 10.0 Å². The summed E-state index contributed by atoms with van der Waals surface area (Å²) in [7, 11) is -3.67. The number of aromatic nitrogens is 2. The number of para-hydroxylation sites is 1. The first-order chi connectivity index (χ1) is 15.9. The van der Waals surface area contributed by atoms with Crippen molar-refractivity contribution in [1.82, 2.24) is 14.4 Å². The summed E-state index contributed by atoms with van der Waals surface area (Å²) in [6.07, 6.45) is 4.27. The molecule has 1 saturated carbocycles. The van der Waals surface area contributed by atoms with E-state index in [1.165, 1.54) is 22.1 Å². The molecule has 33 heavy (non-hydrogen) atoms. The summed E-state index contributed by atoms with van der Waals surface area (Å²) in [5.74, 6) is 1.15. The molecule has 1 amide bonds. The average molecular weight is 487 g/mol. The number of hydrogen-bond donors (Lipinski definition) is 1. The van der Waals surface area contributed by atoms with Crippen LogP contribution in [0, 0.1) is 12.8 Å². The Morgan fingerprint density at radius 2 is 1.88 bits per heavy atom. The van der Waals surface area contributed by atoms with Crippen LogP contribution in [0.1, 0.15) is 48.8 Å². The number of thiophene rings is 1. The van der Waals surface area contributed by atoms with Crippen LogP contribution >= 0.6 is 11.3 Å². The molecule has 0 radical (unpaired) electrons. The second-order valence-electron chi connectivity index (χ2n) is 8.65. The molecule has 1 aromatic carbocycles. The molecule has 0 spiro atoms. The molecule has 5 rings (SSSR count). The first kappa shape index (κ1) is 22.2. The van der Waals surface area contributed by atoms with Crippen LogP contribution in [0.5, 0.6) is 0 Å². The quantitative estimate of drug-likeness (QED) is 0.553. The monoisotopic (exact) mass is 486 g/mol. The van der Waals surface area contributed by atoms with Gasteiger partial charge in [0.05, 0.1) is 9.77 Å². The lowest BCUT2D eigenvalue weighted by atomic mass is 9.85. The highest BCUT2D eigenvalue weighted by Crippen LogP contribution is 2.38. The lowest BCUT2D eigenvalue weighted by Gasteiger charge is -2.30. The maximum atomic E-state index is 13.4. The number of piperidine rings is 1. The molecule has 0 bridgehead atoms. The minimum absolute atomic E-state index is 0.0633. The summed E-state index contributed by atoms with van der Waals surface area (Å²) in [5, 5.41) is 6.99. The Morgan fingerprint density at radius 3 is 2.55 bits per heavy atom. The van der Waals surface area contributed by atoms with Gasteiger partial charge in [0.15, 0.2) is 0 Å². The Bertz CT molecular complexity index is 1240. The summed E-state index contributed by atoms with van der Waals surface area (Å²) >= 11 is 1.36. The molecular weight excluding hydrogens is 460 g/mol. The lowest BCUT2D eigenvalue weighted by Crippen LogP contribution is -2.41. The van der Waals surface area contributed by atoms with E-state index in [9.17, 15) is 13.2 Å². The van der Waals surface area contributed by atoms with Gasteiger partial charge in [0.25, 0.3) is 0 Å². The Morgan fingerprint density at radius 1 is 1.15 bits per heavy atom. The number of aryl methyl sites for hydroxylation is 1. The number of anilines is 1. The van der Waals surface area contributed by atoms with Gasteiger partial charge in [0.2, 0.25) is 27.6 Å². The third-order valence-electron chi connectivity index (χ3n) is 6.47. The SMILES string of the molecule is Cc1sc(-c2noc(C3CCC3)n2)cc1S(=O)(=O)N1CCC(C(=O)Nc2ccccc2)CC1. The van der Waals surface area contributed by atoms with Crippen molar-refractivity contribution in [3.63, 3.8) is 0 Å². The lowest BCUT2D eigenvalue weighted by molar-refractivity contribution is -0.120. The van der Waals surface area contributed by atoms with Gasteiger partial charge in [-0.2, -0.15) is 9.29 Å². The molecule has 1 saturated heterocycles. The second kappa shape index (κ2) is 9.00. The van der Waals surface area contributed by atoms with Crippen molar-refractivity contribution < 1.29 is 17.7 Å². The number of benzene rings is 1. The van der Waals surface area contributed by atoms with Crippen LogP contribution in [0.3, 0.4) is 0 Å². The van der Waals surface area contributed by atoms with Crippen molar-refractivity contribution in [3.05, 3.63) is 47.2 Å². The molecule has 1 N–H and O–H groups in total. The van der Waals surface area contributed by atoms with Crippen molar-refractivity contribution >= 4 is 33.0 Å². The van der Waals surface area contributed by atoms with E-state index in [0.29, 0.717) is 53.3 Å². The first-order valence-corrected chi connectivity index (χ1v) is 13.5. The van der Waals surface area contributed by atoms with Crippen LogP contribution in [-0.2, 0) is 14.8 Å². The normalized spacial score (nSPS) is 18.2. The minimum atomic E-state index is -3.67. The van der Waals surface area contributed by atoms with Crippen molar-refractivity contribution in [2.45, 2.75) is 49.8 Å². The maximum absolute atomic E-state index is 13.4. The van der Waals surface area contributed by atoms with Crippen LogP contribution in [0.15, 0.2) is 45.8 Å². The Kier molecular flexibility index (Phi) is 6.07. The maximum Gasteiger partial charge on any atom is 0.244 e. The number of nitrogens with one attached hydrogen (secondary N) is 1. The number of hydrogen-bond acceptors (Lipinski definition) is 7. The van der Waals surface area contributed by atoms with Crippen LogP contribution in [0.25, 0.3) is 10.7 Å². The summed E-state index contributed by atoms with van der Waals surface area (Å²) in [5.41, 5.74) is 0.751. The predicted octanol–water partition coefficient (Wildman–Crippen LogP) is 4.41. The number of carbonyl (C=O) groups is 1. The van der Waals surface area contributed by atoms with Gasteiger partial charge in [-0.25, -0.2) is 8.42 Å². The van der Waals surface area contributed by atoms with E-state index in [1.54, 1.807) is 13.0 Å². The largest absolute Gasteiger partial charge is 0.339 e. The van der Waals surface area contributed by atoms with E-state index in [1.807, 2.05) is 30.3 Å². The second-order valence-corrected chi connectivity index (χ2v) is 11.8. The van der Waals surface area contributed by atoms with E-state index in [4.69, 9.17) is 4.52 Å². The number of sulfonamides is 1. The van der Waals surface area contributed by atoms with Gasteiger partial charge >= 0.3 is 0 Å². The Balaban J connectivity index is 1.26. The fourth-order valence-electron chi connectivity index (χ4n) is 4.25. The molecule has 3 heterocycles. The van der Waals surface area contributed by atoms with Crippen molar-refractivity contribution in [3.8, 4) is 10.7 Å². The van der Waals surface area contributed by atoms with Gasteiger partial charge in [0, 0.05) is 35.5 Å². The number of nitrogens with zero attached hydrogens (tertiary/aromatic N) is 3. The summed E-state index contributed by atoms with van der Waals surface area (Å²) in [6, 6.07) is 11.0. The summed E-state index contributed by atoms with van der Waals surface area (Å²) < 4.78 is 33.6. The van der Waals surface area contributed by atoms with Crippen LogP contribution < -0.4 is 5.32 Å². The highest BCUT2D eigenvalue weighted by molar-refractivity contribution is 7.89. The smallest absolute Gasteiger partial charge is 0.244 e. The number of rotatable bonds is 6. The minimum Gasteiger partial charge on any atom is -0.339 e. The molecule has 2 fully saturated rings. The molecule has 0 atom stereocenters. The van der Waals surface area contributed by atoms with E-state index >= 15 is 0 Å². The van der Waals surface area contributed by atoms with E-state index in [0.717, 1.165) is 18.5 Å². The van der Waals surface area contributed by atoms with Gasteiger partial charge in [-0.15, -0.1) is 11.3 Å². The van der Waals surface area contributed by atoms with Crippen LogP contribution in [0.2, 0.25) is 0 Å². The van der Waals surface area contributed by atoms with Gasteiger partial charge < -0.3 is 9.84 Å². The van der Waals surface area contributed by atoms with Gasteiger partial charge in [-0.1, -0.05) is 29.8 Å². The van der Waals surface area contributed by atoms with Gasteiger partial charge in [0.1, 0.15) is 0 Å². The fraction of sp³-hybridized carbons (Fsp3) is 0.435. The molecule has 174 valence electrons. The molecule has 2 aliphatic rings. The zero-order valence-corrected chi connectivity index (χ0v) is 20.0. The van der Waals surface area contributed by atoms with Crippen molar-refractivity contribution in [2.24, 2.45) is 5.92 Å². The number of carbonyl (C=O) groups excluding carboxylic acids is 1. The van der Waals surface area contributed by atoms with Crippen LogP contribution in [0.4, 0.5) is 5.69 Å². The van der Waals surface area contributed by atoms with Crippen molar-refractivity contribution in [1.29, 1.82) is 0 Å². The highest BCUT2D eigenvalue weighted by atomic mass is 32.2. The molecule has 3 aromatic rings. The van der Waals surface area contributed by atoms with E-state index in [2.05, 4.69) is 15.5 Å². The summed E-state index contributed by atoms with van der Waals surface area (Å²) in [4.78, 5) is 18.8. The average Bonchev–Trinajstić information content (AvgIpc) is 3.40.